The molecule has 164 valence electrons. The average molecular weight is 455 g/mol. The van der Waals surface area contributed by atoms with Gasteiger partial charge >= 0.3 is 12.4 Å². The number of aromatic nitrogens is 3. The molecule has 3 N–H and O–H groups in total. The van der Waals surface area contributed by atoms with Gasteiger partial charge in [-0.3, -0.25) is 9.89 Å². The molecule has 0 saturated carbocycles. The summed E-state index contributed by atoms with van der Waals surface area (Å²) in [5.41, 5.74) is -4.78. The van der Waals surface area contributed by atoms with E-state index in [2.05, 4.69) is 20.5 Å². The molecule has 1 fully saturated rings. The summed E-state index contributed by atoms with van der Waals surface area (Å²) < 4.78 is 79.0. The Morgan fingerprint density at radius 3 is 2.43 bits per heavy atom. The van der Waals surface area contributed by atoms with E-state index in [-0.39, 0.29) is 29.7 Å². The summed E-state index contributed by atoms with van der Waals surface area (Å²) in [6.45, 7) is 0.528. The second kappa shape index (κ2) is 6.83. The van der Waals surface area contributed by atoms with Gasteiger partial charge in [-0.05, 0) is 12.8 Å². The van der Waals surface area contributed by atoms with Crippen molar-refractivity contribution in [1.29, 1.82) is 0 Å². The van der Waals surface area contributed by atoms with Crippen LogP contribution in [0.15, 0.2) is 5.38 Å². The second-order valence-electron chi connectivity index (χ2n) is 7.22. The van der Waals surface area contributed by atoms with Crippen LogP contribution >= 0.6 is 11.3 Å². The fraction of sp³-hybridized carbons (Fsp3) is 0.562. The van der Waals surface area contributed by atoms with Crippen molar-refractivity contribution in [3.05, 3.63) is 22.3 Å². The first-order chi connectivity index (χ1) is 13.9. The van der Waals surface area contributed by atoms with Crippen molar-refractivity contribution in [1.82, 2.24) is 15.2 Å². The number of amides is 1. The molecule has 0 bridgehead atoms. The van der Waals surface area contributed by atoms with E-state index < -0.39 is 47.5 Å². The van der Waals surface area contributed by atoms with Crippen molar-refractivity contribution >= 4 is 28.2 Å². The van der Waals surface area contributed by atoms with E-state index in [0.717, 1.165) is 16.7 Å². The van der Waals surface area contributed by atoms with Crippen LogP contribution < -0.4 is 10.2 Å². The first-order valence-electron chi connectivity index (χ1n) is 8.85. The lowest BCUT2D eigenvalue weighted by Gasteiger charge is -2.36. The molecule has 4 rings (SSSR count). The molecule has 2 aromatic heterocycles. The van der Waals surface area contributed by atoms with Gasteiger partial charge < -0.3 is 15.3 Å². The molecular weight excluding hydrogens is 440 g/mol. The van der Waals surface area contributed by atoms with Gasteiger partial charge in [0.15, 0.2) is 22.2 Å². The second-order valence-corrected chi connectivity index (χ2v) is 8.05. The Kier molecular flexibility index (Phi) is 4.76. The molecule has 2 aliphatic heterocycles. The number of nitrogens with zero attached hydrogens (tertiary/aromatic N) is 3. The minimum atomic E-state index is -5.09. The van der Waals surface area contributed by atoms with Crippen LogP contribution in [0.25, 0.3) is 0 Å². The minimum absolute atomic E-state index is 0.0691. The van der Waals surface area contributed by atoms with Crippen molar-refractivity contribution in [2.24, 2.45) is 0 Å². The van der Waals surface area contributed by atoms with Crippen LogP contribution in [0.2, 0.25) is 0 Å². The number of thiazole rings is 1. The zero-order valence-electron chi connectivity index (χ0n) is 15.1. The fourth-order valence-electron chi connectivity index (χ4n) is 3.80. The number of carbonyl (C=O) groups excluding carboxylic acids is 1. The maximum absolute atomic E-state index is 13.6. The highest BCUT2D eigenvalue weighted by Gasteiger charge is 2.61. The van der Waals surface area contributed by atoms with E-state index in [1.807, 2.05) is 0 Å². The summed E-state index contributed by atoms with van der Waals surface area (Å²) in [6.07, 6.45) is -10.2. The summed E-state index contributed by atoms with van der Waals surface area (Å²) in [5.74, 6) is -1.82. The number of anilines is 2. The standard InChI is InChI=1S/C16H15F6N5O2S/c17-15(18,19)8-6-30-13(23-8)27-3-1-7(2-4-27)11-10-12(26-25-11)24-9(28)5-14(10,29)16(20,21)22/h6-7,29H,1-5H2,(H2,24,25,26,28). The number of aliphatic hydroxyl groups is 1. The Labute approximate surface area is 169 Å². The fourth-order valence-corrected chi connectivity index (χ4v) is 4.68. The SMILES string of the molecule is O=C1CC(O)(C(F)(F)F)c2c(n[nH]c2C2CCN(c3nc(C(F)(F)F)cs3)CC2)N1. The van der Waals surface area contributed by atoms with Crippen LogP contribution in [0.1, 0.15) is 42.1 Å². The Morgan fingerprint density at radius 1 is 1.20 bits per heavy atom. The van der Waals surface area contributed by atoms with Gasteiger partial charge in [-0.25, -0.2) is 4.98 Å². The van der Waals surface area contributed by atoms with E-state index in [0.29, 0.717) is 12.8 Å². The largest absolute Gasteiger partial charge is 0.434 e. The lowest BCUT2D eigenvalue weighted by Crippen LogP contribution is -2.48. The molecule has 2 aromatic rings. The molecule has 0 aliphatic carbocycles. The number of alkyl halides is 6. The van der Waals surface area contributed by atoms with Gasteiger partial charge in [-0.2, -0.15) is 31.4 Å². The highest BCUT2D eigenvalue weighted by atomic mass is 32.1. The molecule has 2 aliphatic rings. The third-order valence-corrected chi connectivity index (χ3v) is 6.21. The van der Waals surface area contributed by atoms with E-state index in [9.17, 15) is 36.2 Å². The highest BCUT2D eigenvalue weighted by molar-refractivity contribution is 7.13. The summed E-state index contributed by atoms with van der Waals surface area (Å²) in [6, 6.07) is 0. The van der Waals surface area contributed by atoms with Gasteiger partial charge in [0, 0.05) is 30.1 Å². The quantitative estimate of drug-likeness (QED) is 0.604. The number of piperidine rings is 1. The van der Waals surface area contributed by atoms with Crippen LogP contribution in [-0.2, 0) is 16.6 Å². The molecule has 0 radical (unpaired) electrons. The smallest absolute Gasteiger partial charge is 0.376 e. The Morgan fingerprint density at radius 2 is 1.87 bits per heavy atom. The van der Waals surface area contributed by atoms with Crippen LogP contribution in [-0.4, -0.2) is 45.5 Å². The number of hydrogen-bond acceptors (Lipinski definition) is 6. The predicted octanol–water partition coefficient (Wildman–Crippen LogP) is 3.36. The maximum atomic E-state index is 13.6. The van der Waals surface area contributed by atoms with E-state index >= 15 is 0 Å². The van der Waals surface area contributed by atoms with Crippen molar-refractivity contribution in [2.45, 2.75) is 43.1 Å². The van der Waals surface area contributed by atoms with Crippen LogP contribution in [0, 0.1) is 0 Å². The summed E-state index contributed by atoms with van der Waals surface area (Å²) in [5, 5.41) is 19.9. The van der Waals surface area contributed by atoms with Crippen molar-refractivity contribution in [2.75, 3.05) is 23.3 Å². The van der Waals surface area contributed by atoms with Crippen LogP contribution in [0.3, 0.4) is 0 Å². The Hall–Kier alpha value is -2.35. The molecule has 14 heteroatoms. The van der Waals surface area contributed by atoms with E-state index in [4.69, 9.17) is 0 Å². The number of rotatable bonds is 2. The number of fused-ring (bicyclic) bond motifs is 1. The Balaban J connectivity index is 1.56. The predicted molar refractivity (Wildman–Crippen MR) is 93.1 cm³/mol. The van der Waals surface area contributed by atoms with E-state index in [1.54, 1.807) is 4.90 Å². The summed E-state index contributed by atoms with van der Waals surface area (Å²) in [4.78, 5) is 16.9. The third kappa shape index (κ3) is 3.41. The molecule has 1 saturated heterocycles. The van der Waals surface area contributed by atoms with Gasteiger partial charge in [0.05, 0.1) is 12.0 Å². The third-order valence-electron chi connectivity index (χ3n) is 5.31. The molecule has 1 unspecified atom stereocenters. The maximum Gasteiger partial charge on any atom is 0.434 e. The van der Waals surface area contributed by atoms with E-state index in [1.165, 1.54) is 0 Å². The average Bonchev–Trinajstić information content (AvgIpc) is 3.28. The molecule has 1 atom stereocenters. The lowest BCUT2D eigenvalue weighted by molar-refractivity contribution is -0.267. The summed E-state index contributed by atoms with van der Waals surface area (Å²) >= 11 is 0.846. The van der Waals surface area contributed by atoms with Crippen molar-refractivity contribution in [3.8, 4) is 0 Å². The number of halogens is 6. The van der Waals surface area contributed by atoms with Crippen molar-refractivity contribution < 1.29 is 36.2 Å². The first-order valence-corrected chi connectivity index (χ1v) is 9.73. The molecule has 7 nitrogen and oxygen atoms in total. The van der Waals surface area contributed by atoms with Gasteiger partial charge in [-0.15, -0.1) is 11.3 Å². The van der Waals surface area contributed by atoms with Crippen molar-refractivity contribution in [3.63, 3.8) is 0 Å². The molecule has 4 heterocycles. The minimum Gasteiger partial charge on any atom is -0.376 e. The number of H-pyrrole nitrogens is 1. The molecular formula is C16H15F6N5O2S. The van der Waals surface area contributed by atoms with Crippen LogP contribution in [0.4, 0.5) is 37.3 Å². The highest BCUT2D eigenvalue weighted by Crippen LogP contribution is 2.50. The Bertz CT molecular complexity index is 962. The first kappa shape index (κ1) is 20.9. The zero-order valence-corrected chi connectivity index (χ0v) is 15.9. The topological polar surface area (TPSA) is 94.1 Å². The molecule has 30 heavy (non-hydrogen) atoms. The van der Waals surface area contributed by atoms with Gasteiger partial charge in [0.2, 0.25) is 5.91 Å². The van der Waals surface area contributed by atoms with Gasteiger partial charge in [0.1, 0.15) is 0 Å². The van der Waals surface area contributed by atoms with Gasteiger partial charge in [-0.1, -0.05) is 0 Å². The normalized spacial score (nSPS) is 23.4. The molecule has 1 amide bonds. The number of nitrogens with one attached hydrogen (secondary N) is 2. The monoisotopic (exact) mass is 455 g/mol. The molecule has 0 aromatic carbocycles. The van der Waals surface area contributed by atoms with Crippen LogP contribution in [0.5, 0.6) is 0 Å². The van der Waals surface area contributed by atoms with Gasteiger partial charge in [0.25, 0.3) is 0 Å². The summed E-state index contributed by atoms with van der Waals surface area (Å²) in [7, 11) is 0. The number of carbonyl (C=O) groups is 1. The number of hydrogen-bond donors (Lipinski definition) is 3. The zero-order chi connectivity index (χ0) is 21.9. The lowest BCUT2D eigenvalue weighted by atomic mass is 9.81. The molecule has 0 spiro atoms. The number of aromatic amines is 1.